The van der Waals surface area contributed by atoms with Gasteiger partial charge in [-0.3, -0.25) is 4.99 Å². The highest BCUT2D eigenvalue weighted by Crippen LogP contribution is 2.21. The minimum Gasteiger partial charge on any atom is -0.367 e. The molecule has 0 saturated carbocycles. The van der Waals surface area contributed by atoms with Crippen LogP contribution in [-0.4, -0.2) is 36.1 Å². The normalized spacial score (nSPS) is 11.4. The lowest BCUT2D eigenvalue weighted by molar-refractivity contribution is 0.807. The molecule has 0 unspecified atom stereocenters. The summed E-state index contributed by atoms with van der Waals surface area (Å²) in [6, 6.07) is 1.66. The molecule has 0 aliphatic heterocycles. The second kappa shape index (κ2) is 9.66. The van der Waals surface area contributed by atoms with Crippen molar-refractivity contribution in [1.82, 2.24) is 20.6 Å². The molecule has 9 heteroatoms. The number of aromatic nitrogens is 2. The Kier molecular flexibility index (Phi) is 7.55. The maximum Gasteiger partial charge on any atom is 0.191 e. The van der Waals surface area contributed by atoms with Gasteiger partial charge < -0.3 is 16.0 Å². The molecule has 2 heterocycles. The Balaban J connectivity index is 1.71. The standard InChI is InChI=1S/C15H20Cl2N6S/c1-3-11-8-21-13(24-11)9-23-15(18-2)20-5-4-19-14-12(17)6-10(16)7-22-14/h6-8H,3-5,9H2,1-2H3,(H,19,22)(H2,18,20,23). The van der Waals surface area contributed by atoms with Crippen molar-refractivity contribution in [1.29, 1.82) is 0 Å². The lowest BCUT2D eigenvalue weighted by Gasteiger charge is -2.12. The van der Waals surface area contributed by atoms with Gasteiger partial charge in [-0.15, -0.1) is 11.3 Å². The number of hydrogen-bond donors (Lipinski definition) is 3. The molecule has 2 aromatic rings. The fourth-order valence-corrected chi connectivity index (χ4v) is 3.13. The highest BCUT2D eigenvalue weighted by molar-refractivity contribution is 7.11. The van der Waals surface area contributed by atoms with Crippen LogP contribution in [-0.2, 0) is 13.0 Å². The average Bonchev–Trinajstić information content (AvgIpc) is 3.04. The molecule has 24 heavy (non-hydrogen) atoms. The average molecular weight is 387 g/mol. The number of aryl methyl sites for hydroxylation is 1. The van der Waals surface area contributed by atoms with Crippen molar-refractivity contribution in [2.24, 2.45) is 4.99 Å². The number of nitrogens with zero attached hydrogens (tertiary/aromatic N) is 3. The third-order valence-electron chi connectivity index (χ3n) is 3.10. The zero-order valence-electron chi connectivity index (χ0n) is 13.6. The van der Waals surface area contributed by atoms with Gasteiger partial charge in [-0.1, -0.05) is 30.1 Å². The summed E-state index contributed by atoms with van der Waals surface area (Å²) in [4.78, 5) is 14.0. The second-order valence-corrected chi connectivity index (χ2v) is 6.88. The Morgan fingerprint density at radius 2 is 2.04 bits per heavy atom. The lowest BCUT2D eigenvalue weighted by atomic mass is 10.4. The molecule has 0 fully saturated rings. The quantitative estimate of drug-likeness (QED) is 0.387. The van der Waals surface area contributed by atoms with Crippen molar-refractivity contribution in [2.45, 2.75) is 19.9 Å². The number of pyridine rings is 1. The van der Waals surface area contributed by atoms with E-state index < -0.39 is 0 Å². The van der Waals surface area contributed by atoms with Gasteiger partial charge >= 0.3 is 0 Å². The van der Waals surface area contributed by atoms with Crippen LogP contribution in [0.2, 0.25) is 10.0 Å². The van der Waals surface area contributed by atoms with E-state index >= 15 is 0 Å². The van der Waals surface area contributed by atoms with E-state index in [2.05, 4.69) is 37.8 Å². The van der Waals surface area contributed by atoms with Gasteiger partial charge in [-0.2, -0.15) is 0 Å². The molecule has 0 aliphatic carbocycles. The Bertz CT molecular complexity index is 688. The molecular weight excluding hydrogens is 367 g/mol. The molecule has 0 amide bonds. The zero-order valence-corrected chi connectivity index (χ0v) is 15.9. The molecule has 2 rings (SSSR count). The monoisotopic (exact) mass is 386 g/mol. The third-order valence-corrected chi connectivity index (χ3v) is 4.73. The summed E-state index contributed by atoms with van der Waals surface area (Å²) < 4.78 is 0. The van der Waals surface area contributed by atoms with Gasteiger partial charge in [0, 0.05) is 37.4 Å². The summed E-state index contributed by atoms with van der Waals surface area (Å²) in [5.41, 5.74) is 0. The van der Waals surface area contributed by atoms with E-state index in [4.69, 9.17) is 23.2 Å². The number of aliphatic imine (C=N–C) groups is 1. The maximum atomic E-state index is 6.06. The first-order chi connectivity index (χ1) is 11.6. The van der Waals surface area contributed by atoms with E-state index in [1.165, 1.54) is 4.88 Å². The topological polar surface area (TPSA) is 74.2 Å². The Labute approximate surface area is 155 Å². The molecular formula is C15H20Cl2N6S. The van der Waals surface area contributed by atoms with Crippen molar-refractivity contribution in [3.8, 4) is 0 Å². The van der Waals surface area contributed by atoms with Crippen molar-refractivity contribution in [2.75, 3.05) is 25.5 Å². The molecule has 130 valence electrons. The molecule has 6 nitrogen and oxygen atoms in total. The summed E-state index contributed by atoms with van der Waals surface area (Å²) in [6.07, 6.45) is 4.49. The molecule has 0 aromatic carbocycles. The molecule has 3 N–H and O–H groups in total. The van der Waals surface area contributed by atoms with E-state index in [0.29, 0.717) is 35.5 Å². The predicted octanol–water partition coefficient (Wildman–Crippen LogP) is 3.18. The van der Waals surface area contributed by atoms with Crippen LogP contribution in [0, 0.1) is 0 Å². The van der Waals surface area contributed by atoms with Crippen LogP contribution in [0.1, 0.15) is 16.8 Å². The Morgan fingerprint density at radius 3 is 2.71 bits per heavy atom. The fourth-order valence-electron chi connectivity index (χ4n) is 1.88. The van der Waals surface area contributed by atoms with E-state index in [-0.39, 0.29) is 0 Å². The van der Waals surface area contributed by atoms with Gasteiger partial charge in [0.25, 0.3) is 0 Å². The smallest absolute Gasteiger partial charge is 0.191 e. The molecule has 2 aromatic heterocycles. The summed E-state index contributed by atoms with van der Waals surface area (Å²) >= 11 is 13.6. The zero-order chi connectivity index (χ0) is 17.4. The largest absolute Gasteiger partial charge is 0.367 e. The van der Waals surface area contributed by atoms with E-state index in [1.54, 1.807) is 30.6 Å². The molecule has 0 saturated heterocycles. The fraction of sp³-hybridized carbons (Fsp3) is 0.400. The van der Waals surface area contributed by atoms with Crippen molar-refractivity contribution < 1.29 is 0 Å². The van der Waals surface area contributed by atoms with Crippen LogP contribution < -0.4 is 16.0 Å². The molecule has 0 atom stereocenters. The molecule has 0 aliphatic rings. The summed E-state index contributed by atoms with van der Waals surface area (Å²) in [5, 5.41) is 11.7. The molecule has 0 radical (unpaired) electrons. The van der Waals surface area contributed by atoms with Gasteiger partial charge in [0.2, 0.25) is 0 Å². The highest BCUT2D eigenvalue weighted by Gasteiger charge is 2.04. The van der Waals surface area contributed by atoms with Crippen molar-refractivity contribution in [3.05, 3.63) is 38.4 Å². The minimum atomic E-state index is 0.500. The van der Waals surface area contributed by atoms with Crippen LogP contribution in [0.25, 0.3) is 0 Å². The summed E-state index contributed by atoms with van der Waals surface area (Å²) in [5.74, 6) is 1.33. The number of guanidine groups is 1. The first kappa shape index (κ1) is 18.8. The van der Waals surface area contributed by atoms with Gasteiger partial charge in [0.1, 0.15) is 10.8 Å². The number of hydrogen-bond acceptors (Lipinski definition) is 5. The number of nitrogens with one attached hydrogen (secondary N) is 3. The van der Waals surface area contributed by atoms with Crippen LogP contribution in [0.4, 0.5) is 5.82 Å². The van der Waals surface area contributed by atoms with Gasteiger partial charge in [-0.25, -0.2) is 9.97 Å². The van der Waals surface area contributed by atoms with Crippen LogP contribution in [0.3, 0.4) is 0 Å². The SMILES string of the molecule is CCc1cnc(CNC(=NC)NCCNc2ncc(Cl)cc2Cl)s1. The maximum absolute atomic E-state index is 6.06. The number of rotatable bonds is 7. The minimum absolute atomic E-state index is 0.500. The van der Waals surface area contributed by atoms with E-state index in [0.717, 1.165) is 17.4 Å². The molecule has 0 spiro atoms. The number of anilines is 1. The third kappa shape index (κ3) is 5.81. The van der Waals surface area contributed by atoms with Gasteiger partial charge in [-0.05, 0) is 12.5 Å². The Hall–Kier alpha value is -1.57. The number of thiazole rings is 1. The first-order valence-electron chi connectivity index (χ1n) is 7.55. The first-order valence-corrected chi connectivity index (χ1v) is 9.12. The molecule has 0 bridgehead atoms. The van der Waals surface area contributed by atoms with Gasteiger partial charge in [0.15, 0.2) is 5.96 Å². The van der Waals surface area contributed by atoms with Crippen LogP contribution >= 0.6 is 34.5 Å². The van der Waals surface area contributed by atoms with Gasteiger partial charge in [0.05, 0.1) is 16.6 Å². The van der Waals surface area contributed by atoms with Crippen molar-refractivity contribution >= 4 is 46.3 Å². The Morgan fingerprint density at radius 1 is 1.21 bits per heavy atom. The van der Waals surface area contributed by atoms with E-state index in [9.17, 15) is 0 Å². The van der Waals surface area contributed by atoms with Crippen molar-refractivity contribution in [3.63, 3.8) is 0 Å². The van der Waals surface area contributed by atoms with Crippen LogP contribution in [0.5, 0.6) is 0 Å². The van der Waals surface area contributed by atoms with Crippen LogP contribution in [0.15, 0.2) is 23.5 Å². The number of halogens is 2. The summed E-state index contributed by atoms with van der Waals surface area (Å²) in [7, 11) is 1.74. The highest BCUT2D eigenvalue weighted by atomic mass is 35.5. The summed E-state index contributed by atoms with van der Waals surface area (Å²) in [6.45, 7) is 4.09. The van der Waals surface area contributed by atoms with E-state index in [1.807, 2.05) is 6.20 Å². The second-order valence-electron chi connectivity index (χ2n) is 4.84. The predicted molar refractivity (Wildman–Crippen MR) is 102 cm³/mol. The lowest BCUT2D eigenvalue weighted by Crippen LogP contribution is -2.39.